The highest BCUT2D eigenvalue weighted by Gasteiger charge is 2.17. The first-order valence-corrected chi connectivity index (χ1v) is 5.82. The lowest BCUT2D eigenvalue weighted by Crippen LogP contribution is -2.32. The molecule has 104 valence electrons. The number of amides is 1. The predicted molar refractivity (Wildman–Crippen MR) is 73.0 cm³/mol. The second kappa shape index (κ2) is 6.69. The van der Waals surface area contributed by atoms with E-state index in [1.54, 1.807) is 38.2 Å². The number of likely N-dealkylation sites (N-methyl/N-ethyl adjacent to an activating group) is 2. The van der Waals surface area contributed by atoms with Crippen LogP contribution in [0.25, 0.3) is 0 Å². The van der Waals surface area contributed by atoms with Crippen molar-refractivity contribution in [2.45, 2.75) is 6.54 Å². The SMILES string of the molecule is CNC(=O)CN(C)Cc1cccc([N+](=O)[O-])c1NC. The van der Waals surface area contributed by atoms with E-state index in [1.807, 2.05) is 0 Å². The van der Waals surface area contributed by atoms with Crippen molar-refractivity contribution >= 4 is 17.3 Å². The summed E-state index contributed by atoms with van der Waals surface area (Å²) in [6.07, 6.45) is 0. The highest BCUT2D eigenvalue weighted by molar-refractivity contribution is 5.77. The van der Waals surface area contributed by atoms with Crippen LogP contribution in [0, 0.1) is 10.1 Å². The number of carbonyl (C=O) groups is 1. The number of benzene rings is 1. The van der Waals surface area contributed by atoms with Gasteiger partial charge in [0.05, 0.1) is 11.5 Å². The van der Waals surface area contributed by atoms with Gasteiger partial charge >= 0.3 is 0 Å². The molecule has 0 aliphatic carbocycles. The fraction of sp³-hybridized carbons (Fsp3) is 0.417. The van der Waals surface area contributed by atoms with Crippen LogP contribution in [-0.2, 0) is 11.3 Å². The van der Waals surface area contributed by atoms with Crippen LogP contribution in [0.2, 0.25) is 0 Å². The van der Waals surface area contributed by atoms with Crippen molar-refractivity contribution in [1.82, 2.24) is 10.2 Å². The molecular weight excluding hydrogens is 248 g/mol. The lowest BCUT2D eigenvalue weighted by atomic mass is 10.1. The summed E-state index contributed by atoms with van der Waals surface area (Å²) < 4.78 is 0. The molecule has 0 saturated carbocycles. The lowest BCUT2D eigenvalue weighted by molar-refractivity contribution is -0.384. The summed E-state index contributed by atoms with van der Waals surface area (Å²) in [6, 6.07) is 4.90. The first-order chi connectivity index (χ1) is 8.99. The molecule has 1 amide bonds. The number of nitro groups is 1. The molecule has 0 spiro atoms. The summed E-state index contributed by atoms with van der Waals surface area (Å²) in [7, 11) is 5.00. The van der Waals surface area contributed by atoms with Crippen molar-refractivity contribution in [3.8, 4) is 0 Å². The molecule has 0 radical (unpaired) electrons. The quantitative estimate of drug-likeness (QED) is 0.588. The summed E-state index contributed by atoms with van der Waals surface area (Å²) >= 11 is 0. The number of carbonyl (C=O) groups excluding carboxylic acids is 1. The van der Waals surface area contributed by atoms with Crippen LogP contribution >= 0.6 is 0 Å². The molecule has 0 unspecified atom stereocenters. The minimum atomic E-state index is -0.423. The largest absolute Gasteiger partial charge is 0.382 e. The van der Waals surface area contributed by atoms with Crippen LogP contribution < -0.4 is 10.6 Å². The van der Waals surface area contributed by atoms with E-state index < -0.39 is 4.92 Å². The van der Waals surface area contributed by atoms with Crippen molar-refractivity contribution in [1.29, 1.82) is 0 Å². The van der Waals surface area contributed by atoms with Crippen LogP contribution in [0.3, 0.4) is 0 Å². The van der Waals surface area contributed by atoms with E-state index in [0.717, 1.165) is 5.56 Å². The van der Waals surface area contributed by atoms with Gasteiger partial charge in [-0.3, -0.25) is 19.8 Å². The minimum Gasteiger partial charge on any atom is -0.382 e. The Morgan fingerprint density at radius 1 is 1.42 bits per heavy atom. The predicted octanol–water partition coefficient (Wildman–Crippen LogP) is 0.814. The van der Waals surface area contributed by atoms with Gasteiger partial charge in [-0.1, -0.05) is 12.1 Å². The zero-order chi connectivity index (χ0) is 14.4. The fourth-order valence-electron chi connectivity index (χ4n) is 1.83. The van der Waals surface area contributed by atoms with Crippen molar-refractivity contribution in [2.75, 3.05) is 33.0 Å². The van der Waals surface area contributed by atoms with Crippen LogP contribution in [0.15, 0.2) is 18.2 Å². The molecule has 0 heterocycles. The first-order valence-electron chi connectivity index (χ1n) is 5.82. The second-order valence-corrected chi connectivity index (χ2v) is 4.16. The van der Waals surface area contributed by atoms with Crippen LogP contribution in [-0.4, -0.2) is 43.4 Å². The van der Waals surface area contributed by atoms with Gasteiger partial charge in [-0.25, -0.2) is 0 Å². The molecule has 0 fully saturated rings. The summed E-state index contributed by atoms with van der Waals surface area (Å²) in [6.45, 7) is 0.688. The number of nitro benzene ring substituents is 1. The van der Waals surface area contributed by atoms with E-state index in [9.17, 15) is 14.9 Å². The van der Waals surface area contributed by atoms with Crippen LogP contribution in [0.1, 0.15) is 5.56 Å². The Hall–Kier alpha value is -2.15. The van der Waals surface area contributed by atoms with Gasteiger partial charge in [0, 0.05) is 26.7 Å². The van der Waals surface area contributed by atoms with Gasteiger partial charge in [0.2, 0.25) is 5.91 Å². The number of nitrogens with zero attached hydrogens (tertiary/aromatic N) is 2. The van der Waals surface area contributed by atoms with Gasteiger partial charge in [-0.2, -0.15) is 0 Å². The molecule has 0 aliphatic heterocycles. The van der Waals surface area contributed by atoms with Crippen molar-refractivity contribution in [2.24, 2.45) is 0 Å². The van der Waals surface area contributed by atoms with Crippen molar-refractivity contribution in [3.05, 3.63) is 33.9 Å². The van der Waals surface area contributed by atoms with E-state index >= 15 is 0 Å². The zero-order valence-electron chi connectivity index (χ0n) is 11.3. The van der Waals surface area contributed by atoms with Crippen molar-refractivity contribution in [3.63, 3.8) is 0 Å². The molecule has 19 heavy (non-hydrogen) atoms. The Balaban J connectivity index is 2.92. The molecule has 0 saturated heterocycles. The topological polar surface area (TPSA) is 87.5 Å². The number of hydrogen-bond donors (Lipinski definition) is 2. The van der Waals surface area contributed by atoms with E-state index in [2.05, 4.69) is 10.6 Å². The molecule has 0 aromatic heterocycles. The van der Waals surface area contributed by atoms with Gasteiger partial charge in [0.25, 0.3) is 5.69 Å². The standard InChI is InChI=1S/C12H18N4O3/c1-13-11(17)8-15(3)7-9-5-4-6-10(16(18)19)12(9)14-2/h4-6,14H,7-8H2,1-3H3,(H,13,17). The van der Waals surface area contributed by atoms with Crippen molar-refractivity contribution < 1.29 is 9.72 Å². The smallest absolute Gasteiger partial charge is 0.292 e. The third-order valence-electron chi connectivity index (χ3n) is 2.71. The third kappa shape index (κ3) is 3.92. The highest BCUT2D eigenvalue weighted by atomic mass is 16.6. The maximum atomic E-state index is 11.3. The molecule has 2 N–H and O–H groups in total. The second-order valence-electron chi connectivity index (χ2n) is 4.16. The van der Waals surface area contributed by atoms with E-state index in [4.69, 9.17) is 0 Å². The average Bonchev–Trinajstić information content (AvgIpc) is 2.37. The molecule has 0 bridgehead atoms. The molecule has 7 nitrogen and oxygen atoms in total. The Morgan fingerprint density at radius 3 is 2.63 bits per heavy atom. The average molecular weight is 266 g/mol. The monoisotopic (exact) mass is 266 g/mol. The summed E-state index contributed by atoms with van der Waals surface area (Å²) in [5.74, 6) is -0.0982. The fourth-order valence-corrected chi connectivity index (χ4v) is 1.83. The highest BCUT2D eigenvalue weighted by Crippen LogP contribution is 2.28. The first kappa shape index (κ1) is 14.9. The maximum Gasteiger partial charge on any atom is 0.292 e. The summed E-state index contributed by atoms with van der Waals surface area (Å²) in [4.78, 5) is 23.6. The number of nitrogens with one attached hydrogen (secondary N) is 2. The molecule has 1 aromatic carbocycles. The molecule has 0 aliphatic rings. The van der Waals surface area contributed by atoms with E-state index in [1.165, 1.54) is 6.07 Å². The van der Waals surface area contributed by atoms with Gasteiger partial charge in [0.1, 0.15) is 5.69 Å². The number of anilines is 1. The molecule has 1 rings (SSSR count). The number of rotatable bonds is 6. The van der Waals surface area contributed by atoms with Gasteiger partial charge in [-0.05, 0) is 12.6 Å². The number of para-hydroxylation sites is 1. The van der Waals surface area contributed by atoms with E-state index in [-0.39, 0.29) is 18.1 Å². The van der Waals surface area contributed by atoms with E-state index in [0.29, 0.717) is 12.2 Å². The lowest BCUT2D eigenvalue weighted by Gasteiger charge is -2.17. The Morgan fingerprint density at radius 2 is 2.11 bits per heavy atom. The molecule has 0 atom stereocenters. The summed E-state index contributed by atoms with van der Waals surface area (Å²) in [5.41, 5.74) is 1.30. The third-order valence-corrected chi connectivity index (χ3v) is 2.71. The summed E-state index contributed by atoms with van der Waals surface area (Å²) in [5, 5.41) is 16.3. The molecule has 7 heteroatoms. The Kier molecular flexibility index (Phi) is 5.25. The van der Waals surface area contributed by atoms with Gasteiger partial charge in [0.15, 0.2) is 0 Å². The zero-order valence-corrected chi connectivity index (χ0v) is 11.3. The number of hydrogen-bond acceptors (Lipinski definition) is 5. The Labute approximate surface area is 111 Å². The van der Waals surface area contributed by atoms with Crippen LogP contribution in [0.4, 0.5) is 11.4 Å². The normalized spacial score (nSPS) is 10.3. The van der Waals surface area contributed by atoms with Gasteiger partial charge in [-0.15, -0.1) is 0 Å². The molecular formula is C12H18N4O3. The van der Waals surface area contributed by atoms with Gasteiger partial charge < -0.3 is 10.6 Å². The maximum absolute atomic E-state index is 11.3. The van der Waals surface area contributed by atoms with Crippen LogP contribution in [0.5, 0.6) is 0 Å². The Bertz CT molecular complexity index is 476. The molecule has 1 aromatic rings. The minimum absolute atomic E-state index is 0.0355.